The van der Waals surface area contributed by atoms with E-state index in [2.05, 4.69) is 11.4 Å². The lowest BCUT2D eigenvalue weighted by molar-refractivity contribution is 0.273. The van der Waals surface area contributed by atoms with Crippen molar-refractivity contribution in [2.45, 2.75) is 96.8 Å². The smallest absolute Gasteiger partial charge is 0.316 e. The Hall–Kier alpha value is 0.150. The van der Waals surface area contributed by atoms with Gasteiger partial charge in [-0.15, -0.1) is 0 Å². The SMILES string of the molecule is CCCCCCCCCCCCCCCCO[PH](=O)O. The molecule has 122 valence electrons. The lowest BCUT2D eigenvalue weighted by Crippen LogP contribution is -1.87. The molecule has 0 radical (unpaired) electrons. The van der Waals surface area contributed by atoms with Gasteiger partial charge in [-0.25, -0.2) is 0 Å². The zero-order chi connectivity index (χ0) is 14.9. The fraction of sp³-hybridized carbons (Fsp3) is 1.00. The Morgan fingerprint density at radius 3 is 1.40 bits per heavy atom. The number of hydrogen-bond acceptors (Lipinski definition) is 2. The fourth-order valence-electron chi connectivity index (χ4n) is 2.46. The summed E-state index contributed by atoms with van der Waals surface area (Å²) in [5.41, 5.74) is 0. The quantitative estimate of drug-likeness (QED) is 0.287. The van der Waals surface area contributed by atoms with Crippen LogP contribution in [0.2, 0.25) is 0 Å². The van der Waals surface area contributed by atoms with Crippen LogP contribution in [0.1, 0.15) is 96.8 Å². The molecular formula is C16H35O3P. The summed E-state index contributed by atoms with van der Waals surface area (Å²) in [6.45, 7) is 2.70. The van der Waals surface area contributed by atoms with Crippen molar-refractivity contribution in [1.29, 1.82) is 0 Å². The zero-order valence-corrected chi connectivity index (χ0v) is 14.4. The Kier molecular flexibility index (Phi) is 17.3. The molecule has 0 aliphatic rings. The van der Waals surface area contributed by atoms with Crippen molar-refractivity contribution >= 4 is 8.25 Å². The van der Waals surface area contributed by atoms with E-state index < -0.39 is 8.25 Å². The molecule has 0 saturated carbocycles. The molecule has 1 atom stereocenters. The molecule has 1 unspecified atom stereocenters. The molecule has 0 aliphatic heterocycles. The third-order valence-electron chi connectivity index (χ3n) is 3.72. The predicted octanol–water partition coefficient (Wildman–Crippen LogP) is 5.87. The highest BCUT2D eigenvalue weighted by molar-refractivity contribution is 7.32. The van der Waals surface area contributed by atoms with Crippen LogP contribution in [0.5, 0.6) is 0 Å². The van der Waals surface area contributed by atoms with E-state index in [9.17, 15) is 4.57 Å². The van der Waals surface area contributed by atoms with Crippen LogP contribution in [0.15, 0.2) is 0 Å². The first-order chi connectivity index (χ1) is 9.77. The highest BCUT2D eigenvalue weighted by Crippen LogP contribution is 2.16. The van der Waals surface area contributed by atoms with Gasteiger partial charge in [-0.2, -0.15) is 0 Å². The standard InChI is InChI=1S/C16H35O3P/c1-2-3-4-5-6-7-8-9-10-11-12-13-14-15-16-19-20(17)18/h20H,2-16H2,1H3,(H,17,18). The molecule has 20 heavy (non-hydrogen) atoms. The van der Waals surface area contributed by atoms with Crippen LogP contribution in [0.25, 0.3) is 0 Å². The topological polar surface area (TPSA) is 46.5 Å². The molecule has 0 bridgehead atoms. The molecule has 0 fully saturated rings. The molecule has 0 aliphatic carbocycles. The molecule has 0 rings (SSSR count). The fourth-order valence-corrected chi connectivity index (χ4v) is 2.78. The zero-order valence-electron chi connectivity index (χ0n) is 13.4. The van der Waals surface area contributed by atoms with E-state index in [4.69, 9.17) is 4.89 Å². The summed E-state index contributed by atoms with van der Waals surface area (Å²) in [5.74, 6) is 0. The Bertz CT molecular complexity index is 210. The van der Waals surface area contributed by atoms with Gasteiger partial charge in [-0.1, -0.05) is 90.4 Å². The van der Waals surface area contributed by atoms with E-state index in [1.165, 1.54) is 77.0 Å². The van der Waals surface area contributed by atoms with Crippen LogP contribution in [0.4, 0.5) is 0 Å². The van der Waals surface area contributed by atoms with E-state index in [0.29, 0.717) is 6.61 Å². The summed E-state index contributed by atoms with van der Waals surface area (Å²) in [4.78, 5) is 8.48. The maximum atomic E-state index is 10.3. The van der Waals surface area contributed by atoms with E-state index in [-0.39, 0.29) is 0 Å². The third-order valence-corrected chi connectivity index (χ3v) is 4.17. The monoisotopic (exact) mass is 306 g/mol. The Labute approximate surface area is 126 Å². The molecule has 0 aromatic carbocycles. The van der Waals surface area contributed by atoms with Crippen molar-refractivity contribution in [2.75, 3.05) is 6.61 Å². The van der Waals surface area contributed by atoms with Gasteiger partial charge in [0.25, 0.3) is 0 Å². The minimum absolute atomic E-state index is 0.437. The van der Waals surface area contributed by atoms with Crippen molar-refractivity contribution in [3.05, 3.63) is 0 Å². The van der Waals surface area contributed by atoms with Gasteiger partial charge >= 0.3 is 8.25 Å². The van der Waals surface area contributed by atoms with Crippen LogP contribution >= 0.6 is 8.25 Å². The van der Waals surface area contributed by atoms with Crippen molar-refractivity contribution in [3.63, 3.8) is 0 Å². The Balaban J connectivity index is 2.94. The largest absolute Gasteiger partial charge is 0.326 e. The van der Waals surface area contributed by atoms with Crippen LogP contribution in [0.3, 0.4) is 0 Å². The van der Waals surface area contributed by atoms with Crippen LogP contribution in [0, 0.1) is 0 Å². The lowest BCUT2D eigenvalue weighted by atomic mass is 10.0. The molecule has 4 heteroatoms. The van der Waals surface area contributed by atoms with E-state index in [1.54, 1.807) is 0 Å². The summed E-state index contributed by atoms with van der Waals surface area (Å²) in [7, 11) is -2.70. The average Bonchev–Trinajstić information content (AvgIpc) is 2.43. The van der Waals surface area contributed by atoms with Crippen molar-refractivity contribution < 1.29 is 14.0 Å². The van der Waals surface area contributed by atoms with Crippen LogP contribution in [-0.2, 0) is 9.09 Å². The maximum absolute atomic E-state index is 10.3. The molecule has 0 aromatic rings. The van der Waals surface area contributed by atoms with E-state index in [0.717, 1.165) is 12.8 Å². The van der Waals surface area contributed by atoms with Crippen molar-refractivity contribution in [2.24, 2.45) is 0 Å². The summed E-state index contributed by atoms with van der Waals surface area (Å²) in [5, 5.41) is 0. The molecule has 3 nitrogen and oxygen atoms in total. The molecule has 0 saturated heterocycles. The molecule has 0 heterocycles. The van der Waals surface area contributed by atoms with E-state index in [1.807, 2.05) is 0 Å². The number of hydrogen-bond donors (Lipinski definition) is 1. The van der Waals surface area contributed by atoms with Gasteiger partial charge in [0.1, 0.15) is 0 Å². The van der Waals surface area contributed by atoms with Gasteiger partial charge in [-0.3, -0.25) is 4.57 Å². The lowest BCUT2D eigenvalue weighted by Gasteiger charge is -2.03. The van der Waals surface area contributed by atoms with Gasteiger partial charge in [0, 0.05) is 0 Å². The summed E-state index contributed by atoms with van der Waals surface area (Å²) in [6.07, 6.45) is 18.5. The Morgan fingerprint density at radius 1 is 0.700 bits per heavy atom. The first-order valence-electron chi connectivity index (χ1n) is 8.63. The van der Waals surface area contributed by atoms with E-state index >= 15 is 0 Å². The van der Waals surface area contributed by atoms with Crippen molar-refractivity contribution in [1.82, 2.24) is 0 Å². The van der Waals surface area contributed by atoms with Gasteiger partial charge in [0.2, 0.25) is 0 Å². The van der Waals surface area contributed by atoms with Crippen LogP contribution < -0.4 is 0 Å². The van der Waals surface area contributed by atoms with Gasteiger partial charge in [0.05, 0.1) is 6.61 Å². The maximum Gasteiger partial charge on any atom is 0.316 e. The molecular weight excluding hydrogens is 271 g/mol. The van der Waals surface area contributed by atoms with Gasteiger partial charge in [-0.05, 0) is 6.42 Å². The summed E-state index contributed by atoms with van der Waals surface area (Å²) < 4.78 is 14.9. The normalized spacial score (nSPS) is 12.7. The second-order valence-corrected chi connectivity index (χ2v) is 6.53. The van der Waals surface area contributed by atoms with Crippen LogP contribution in [-0.4, -0.2) is 11.5 Å². The molecule has 0 spiro atoms. The average molecular weight is 306 g/mol. The number of unbranched alkanes of at least 4 members (excludes halogenated alkanes) is 13. The summed E-state index contributed by atoms with van der Waals surface area (Å²) in [6, 6.07) is 0. The molecule has 1 N–H and O–H groups in total. The second-order valence-electron chi connectivity index (χ2n) is 5.71. The minimum atomic E-state index is -2.70. The first kappa shape index (κ1) is 20.1. The third kappa shape index (κ3) is 18.1. The summed E-state index contributed by atoms with van der Waals surface area (Å²) >= 11 is 0. The van der Waals surface area contributed by atoms with Gasteiger partial charge in [0.15, 0.2) is 0 Å². The van der Waals surface area contributed by atoms with Crippen molar-refractivity contribution in [3.8, 4) is 0 Å². The molecule has 0 amide bonds. The predicted molar refractivity (Wildman–Crippen MR) is 87.5 cm³/mol. The number of rotatable bonds is 16. The first-order valence-corrected chi connectivity index (χ1v) is 9.89. The minimum Gasteiger partial charge on any atom is -0.326 e. The highest BCUT2D eigenvalue weighted by Gasteiger charge is 1.95. The second kappa shape index (κ2) is 17.2. The highest BCUT2D eigenvalue weighted by atomic mass is 31.1. The Morgan fingerprint density at radius 2 is 1.05 bits per heavy atom. The molecule has 0 aromatic heterocycles. The van der Waals surface area contributed by atoms with Gasteiger partial charge < -0.3 is 9.42 Å².